The van der Waals surface area contributed by atoms with Gasteiger partial charge in [0.05, 0.1) is 13.5 Å². The highest BCUT2D eigenvalue weighted by atomic mass is 79.9. The first-order chi connectivity index (χ1) is 10.9. The smallest absolute Gasteiger partial charge is 0.261 e. The predicted octanol–water partition coefficient (Wildman–Crippen LogP) is 2.87. The second kappa shape index (κ2) is 5.79. The fraction of sp³-hybridized carbons (Fsp3) is 0.176. The fourth-order valence-electron chi connectivity index (χ4n) is 2.62. The Morgan fingerprint density at radius 2 is 2.09 bits per heavy atom. The summed E-state index contributed by atoms with van der Waals surface area (Å²) in [5.41, 5.74) is -0.633. The average molecular weight is 376 g/mol. The van der Waals surface area contributed by atoms with Crippen LogP contribution in [0, 0.1) is 0 Å². The molecule has 1 unspecified atom stereocenters. The molecule has 118 valence electrons. The fourth-order valence-corrected chi connectivity index (χ4v) is 3.02. The van der Waals surface area contributed by atoms with Gasteiger partial charge in [-0.15, -0.1) is 0 Å². The summed E-state index contributed by atoms with van der Waals surface area (Å²) in [5, 5.41) is 13.4. The Bertz CT molecular complexity index is 805. The number of aliphatic hydroxyl groups is 1. The molecule has 1 amide bonds. The highest BCUT2D eigenvalue weighted by molar-refractivity contribution is 9.10. The zero-order valence-corrected chi connectivity index (χ0v) is 13.9. The van der Waals surface area contributed by atoms with Crippen molar-refractivity contribution in [3.05, 3.63) is 58.1 Å². The van der Waals surface area contributed by atoms with Crippen LogP contribution in [0.3, 0.4) is 0 Å². The number of fused-ring (bicyclic) bond motifs is 1. The molecule has 0 saturated heterocycles. The van der Waals surface area contributed by atoms with Crippen LogP contribution in [0.4, 0.5) is 5.69 Å². The van der Waals surface area contributed by atoms with Crippen LogP contribution in [-0.4, -0.2) is 23.9 Å². The highest BCUT2D eigenvalue weighted by Gasteiger charge is 2.47. The monoisotopic (exact) mass is 375 g/mol. The molecule has 2 N–H and O–H groups in total. The minimum Gasteiger partial charge on any atom is -0.497 e. The zero-order valence-electron chi connectivity index (χ0n) is 12.3. The maximum absolute atomic E-state index is 12.5. The Kier molecular flexibility index (Phi) is 3.95. The van der Waals surface area contributed by atoms with E-state index >= 15 is 0 Å². The summed E-state index contributed by atoms with van der Waals surface area (Å²) in [7, 11) is 1.50. The molecule has 0 fully saturated rings. The molecular weight excluding hydrogens is 362 g/mol. The molecule has 1 heterocycles. The number of nitrogens with one attached hydrogen (secondary N) is 1. The van der Waals surface area contributed by atoms with Crippen molar-refractivity contribution in [2.75, 3.05) is 12.4 Å². The van der Waals surface area contributed by atoms with Gasteiger partial charge >= 0.3 is 0 Å². The van der Waals surface area contributed by atoms with Crippen LogP contribution in [0.25, 0.3) is 0 Å². The molecule has 0 aliphatic carbocycles. The maximum Gasteiger partial charge on any atom is 0.261 e. The molecule has 2 aromatic carbocycles. The number of methoxy groups -OCH3 is 1. The highest BCUT2D eigenvalue weighted by Crippen LogP contribution is 2.40. The van der Waals surface area contributed by atoms with E-state index in [4.69, 9.17) is 4.74 Å². The second-order valence-electron chi connectivity index (χ2n) is 5.34. The molecule has 0 saturated carbocycles. The van der Waals surface area contributed by atoms with Gasteiger partial charge in [-0.2, -0.15) is 0 Å². The predicted molar refractivity (Wildman–Crippen MR) is 88.6 cm³/mol. The normalized spacial score (nSPS) is 19.2. The third kappa shape index (κ3) is 2.75. The summed E-state index contributed by atoms with van der Waals surface area (Å²) >= 11 is 3.30. The quantitative estimate of drug-likeness (QED) is 0.805. The Morgan fingerprint density at radius 1 is 1.30 bits per heavy atom. The van der Waals surface area contributed by atoms with Gasteiger partial charge in [0.25, 0.3) is 5.91 Å². The Hall–Kier alpha value is -2.18. The number of halogens is 1. The Morgan fingerprint density at radius 3 is 2.78 bits per heavy atom. The van der Waals surface area contributed by atoms with Crippen LogP contribution < -0.4 is 10.1 Å². The van der Waals surface area contributed by atoms with Crippen molar-refractivity contribution in [1.29, 1.82) is 0 Å². The zero-order chi connectivity index (χ0) is 16.6. The maximum atomic E-state index is 12.5. The van der Waals surface area contributed by atoms with Crippen molar-refractivity contribution in [3.8, 4) is 5.75 Å². The number of hydrogen-bond donors (Lipinski definition) is 2. The summed E-state index contributed by atoms with van der Waals surface area (Å²) < 4.78 is 5.89. The Labute approximate surface area is 141 Å². The lowest BCUT2D eigenvalue weighted by molar-refractivity contribution is -0.133. The van der Waals surface area contributed by atoms with Crippen LogP contribution in [0.15, 0.2) is 46.9 Å². The van der Waals surface area contributed by atoms with Gasteiger partial charge in [-0.1, -0.05) is 28.1 Å². The minimum atomic E-state index is -1.90. The number of amides is 1. The second-order valence-corrected chi connectivity index (χ2v) is 6.25. The van der Waals surface area contributed by atoms with Gasteiger partial charge in [0.2, 0.25) is 0 Å². The van der Waals surface area contributed by atoms with E-state index in [2.05, 4.69) is 21.2 Å². The first-order valence-electron chi connectivity index (χ1n) is 6.95. The van der Waals surface area contributed by atoms with Crippen LogP contribution in [-0.2, 0) is 10.4 Å². The lowest BCUT2D eigenvalue weighted by Gasteiger charge is -2.20. The minimum absolute atomic E-state index is 0.320. The summed E-state index contributed by atoms with van der Waals surface area (Å²) in [6.45, 7) is 0. The van der Waals surface area contributed by atoms with E-state index in [-0.39, 0.29) is 12.2 Å². The van der Waals surface area contributed by atoms with E-state index in [1.54, 1.807) is 42.5 Å². The van der Waals surface area contributed by atoms with Gasteiger partial charge in [-0.05, 0) is 30.3 Å². The molecule has 2 aromatic rings. The van der Waals surface area contributed by atoms with Crippen molar-refractivity contribution in [2.24, 2.45) is 0 Å². The number of hydrogen-bond acceptors (Lipinski definition) is 4. The third-order valence-electron chi connectivity index (χ3n) is 3.86. The number of anilines is 1. The van der Waals surface area contributed by atoms with E-state index in [1.165, 1.54) is 7.11 Å². The molecule has 0 bridgehead atoms. The molecule has 6 heteroatoms. The molecule has 23 heavy (non-hydrogen) atoms. The molecule has 1 atom stereocenters. The SMILES string of the molecule is COc1ccc2c(c1)C(O)(CC(=O)c1cccc(Br)c1)C(=O)N2. The van der Waals surface area contributed by atoms with E-state index in [1.807, 2.05) is 0 Å². The molecule has 1 aliphatic rings. The van der Waals surface area contributed by atoms with E-state index in [9.17, 15) is 14.7 Å². The molecule has 0 spiro atoms. The topological polar surface area (TPSA) is 75.6 Å². The number of benzene rings is 2. The number of carbonyl (C=O) groups excluding carboxylic acids is 2. The standard InChI is InChI=1S/C17H14BrNO4/c1-23-12-5-6-14-13(8-12)17(22,16(21)19-14)9-15(20)10-3-2-4-11(18)7-10/h2-8,22H,9H2,1H3,(H,19,21). The first kappa shape index (κ1) is 15.7. The first-order valence-corrected chi connectivity index (χ1v) is 7.74. The molecule has 0 radical (unpaired) electrons. The summed E-state index contributed by atoms with van der Waals surface area (Å²) in [6, 6.07) is 11.7. The van der Waals surface area contributed by atoms with E-state index in [0.717, 1.165) is 4.47 Å². The van der Waals surface area contributed by atoms with Crippen molar-refractivity contribution in [1.82, 2.24) is 0 Å². The molecule has 5 nitrogen and oxygen atoms in total. The lowest BCUT2D eigenvalue weighted by atomic mass is 9.88. The lowest BCUT2D eigenvalue weighted by Crippen LogP contribution is -2.36. The largest absolute Gasteiger partial charge is 0.497 e. The van der Waals surface area contributed by atoms with Crippen LogP contribution in [0.5, 0.6) is 5.75 Å². The molecule has 1 aliphatic heterocycles. The van der Waals surface area contributed by atoms with Crippen molar-refractivity contribution in [3.63, 3.8) is 0 Å². The molecule has 3 rings (SSSR count). The average Bonchev–Trinajstić information content (AvgIpc) is 2.78. The van der Waals surface area contributed by atoms with Crippen LogP contribution in [0.2, 0.25) is 0 Å². The van der Waals surface area contributed by atoms with Crippen LogP contribution >= 0.6 is 15.9 Å². The van der Waals surface area contributed by atoms with Crippen molar-refractivity contribution in [2.45, 2.75) is 12.0 Å². The van der Waals surface area contributed by atoms with Gasteiger partial charge in [0.15, 0.2) is 11.4 Å². The van der Waals surface area contributed by atoms with Crippen molar-refractivity contribution >= 4 is 33.3 Å². The van der Waals surface area contributed by atoms with E-state index in [0.29, 0.717) is 22.6 Å². The number of carbonyl (C=O) groups is 2. The Balaban J connectivity index is 1.96. The van der Waals surface area contributed by atoms with Gasteiger partial charge < -0.3 is 15.2 Å². The summed E-state index contributed by atoms with van der Waals surface area (Å²) in [5.74, 6) is -0.419. The molecular formula is C17H14BrNO4. The molecule has 0 aromatic heterocycles. The number of ketones is 1. The van der Waals surface area contributed by atoms with E-state index < -0.39 is 11.5 Å². The van der Waals surface area contributed by atoms with Gasteiger partial charge in [0.1, 0.15) is 5.75 Å². The van der Waals surface area contributed by atoms with Gasteiger partial charge in [0, 0.05) is 21.3 Å². The number of rotatable bonds is 4. The van der Waals surface area contributed by atoms with Crippen LogP contribution in [0.1, 0.15) is 22.3 Å². The van der Waals surface area contributed by atoms with Gasteiger partial charge in [-0.25, -0.2) is 0 Å². The summed E-state index contributed by atoms with van der Waals surface area (Å²) in [4.78, 5) is 24.7. The number of Topliss-reactive ketones (excluding diaryl/α,β-unsaturated/α-hetero) is 1. The summed E-state index contributed by atoms with van der Waals surface area (Å²) in [6.07, 6.45) is -0.338. The van der Waals surface area contributed by atoms with Crippen molar-refractivity contribution < 1.29 is 19.4 Å². The third-order valence-corrected chi connectivity index (χ3v) is 4.35. The number of ether oxygens (including phenoxy) is 1. The van der Waals surface area contributed by atoms with Gasteiger partial charge in [-0.3, -0.25) is 9.59 Å².